The van der Waals surface area contributed by atoms with Crippen LogP contribution in [-0.2, 0) is 6.54 Å². The lowest BCUT2D eigenvalue weighted by Gasteiger charge is -2.14. The fraction of sp³-hybridized carbons (Fsp3) is 0.0769. The second-order valence-corrected chi connectivity index (χ2v) is 7.55. The standard InChI is InChI=1S/C26H21N5O2/c1-17-20(26(32)31-16-18-7-10-27-11-8-18)3-2-4-23(17)33-24-9-12-28-22-15-19(5-6-21(22)24)25-29-13-14-30-25/h2-15H,16H2,1H3,(H,29,30)(H,31,32). The smallest absolute Gasteiger partial charge is 0.251 e. The molecule has 5 aromatic rings. The Morgan fingerprint density at radius 3 is 2.67 bits per heavy atom. The summed E-state index contributed by atoms with van der Waals surface area (Å²) in [6.45, 7) is 2.31. The Hall–Kier alpha value is -4.52. The molecular weight excluding hydrogens is 414 g/mol. The summed E-state index contributed by atoms with van der Waals surface area (Å²) in [4.78, 5) is 28.7. The first kappa shape index (κ1) is 20.4. The number of amides is 1. The molecule has 2 N–H and O–H groups in total. The number of nitrogens with one attached hydrogen (secondary N) is 2. The third kappa shape index (κ3) is 4.29. The summed E-state index contributed by atoms with van der Waals surface area (Å²) in [5.41, 5.74) is 4.06. The van der Waals surface area contributed by atoms with Gasteiger partial charge in [-0.25, -0.2) is 4.98 Å². The van der Waals surface area contributed by atoms with E-state index in [0.717, 1.165) is 33.4 Å². The monoisotopic (exact) mass is 435 g/mol. The number of hydrogen-bond acceptors (Lipinski definition) is 5. The molecule has 7 heteroatoms. The zero-order valence-electron chi connectivity index (χ0n) is 17.9. The Morgan fingerprint density at radius 1 is 0.970 bits per heavy atom. The van der Waals surface area contributed by atoms with Gasteiger partial charge in [0.2, 0.25) is 0 Å². The highest BCUT2D eigenvalue weighted by atomic mass is 16.5. The number of ether oxygens (including phenoxy) is 1. The van der Waals surface area contributed by atoms with Crippen molar-refractivity contribution in [3.63, 3.8) is 0 Å². The number of pyridine rings is 2. The molecule has 1 amide bonds. The van der Waals surface area contributed by atoms with Gasteiger partial charge in [0.1, 0.15) is 17.3 Å². The molecule has 162 valence electrons. The van der Waals surface area contributed by atoms with E-state index in [9.17, 15) is 4.79 Å². The average Bonchev–Trinajstić information content (AvgIpc) is 3.39. The molecule has 0 bridgehead atoms. The van der Waals surface area contributed by atoms with Gasteiger partial charge in [0, 0.05) is 59.6 Å². The molecule has 0 aliphatic heterocycles. The number of H-pyrrole nitrogens is 1. The topological polar surface area (TPSA) is 92.8 Å². The predicted octanol–water partition coefficient (Wildman–Crippen LogP) is 5.05. The highest BCUT2D eigenvalue weighted by Gasteiger charge is 2.14. The van der Waals surface area contributed by atoms with Gasteiger partial charge < -0.3 is 15.0 Å². The van der Waals surface area contributed by atoms with Gasteiger partial charge in [-0.15, -0.1) is 0 Å². The first-order valence-corrected chi connectivity index (χ1v) is 10.5. The zero-order valence-corrected chi connectivity index (χ0v) is 17.9. The van der Waals surface area contributed by atoms with Gasteiger partial charge in [-0.1, -0.05) is 12.1 Å². The zero-order chi connectivity index (χ0) is 22.6. The number of rotatable bonds is 6. The van der Waals surface area contributed by atoms with Crippen molar-refractivity contribution < 1.29 is 9.53 Å². The van der Waals surface area contributed by atoms with Crippen LogP contribution in [0, 0.1) is 6.92 Å². The van der Waals surface area contributed by atoms with Crippen molar-refractivity contribution in [2.45, 2.75) is 13.5 Å². The number of aromatic amines is 1. The third-order valence-corrected chi connectivity index (χ3v) is 5.43. The number of carbonyl (C=O) groups excluding carboxylic acids is 1. The number of fused-ring (bicyclic) bond motifs is 1. The van der Waals surface area contributed by atoms with Crippen LogP contribution in [0.1, 0.15) is 21.5 Å². The summed E-state index contributed by atoms with van der Waals surface area (Å²) in [5, 5.41) is 3.83. The van der Waals surface area contributed by atoms with Crippen LogP contribution >= 0.6 is 0 Å². The molecule has 2 aromatic carbocycles. The second-order valence-electron chi connectivity index (χ2n) is 7.55. The molecule has 33 heavy (non-hydrogen) atoms. The summed E-state index contributed by atoms with van der Waals surface area (Å²) in [6, 6.07) is 17.0. The summed E-state index contributed by atoms with van der Waals surface area (Å²) in [7, 11) is 0. The van der Waals surface area contributed by atoms with E-state index in [0.29, 0.717) is 23.6 Å². The van der Waals surface area contributed by atoms with Crippen LogP contribution in [0.4, 0.5) is 0 Å². The molecule has 0 radical (unpaired) electrons. The molecule has 0 saturated heterocycles. The largest absolute Gasteiger partial charge is 0.456 e. The molecule has 0 atom stereocenters. The predicted molar refractivity (Wildman–Crippen MR) is 126 cm³/mol. The number of nitrogens with zero attached hydrogens (tertiary/aromatic N) is 3. The fourth-order valence-corrected chi connectivity index (χ4v) is 3.65. The van der Waals surface area contributed by atoms with Crippen molar-refractivity contribution in [3.05, 3.63) is 102 Å². The average molecular weight is 435 g/mol. The summed E-state index contributed by atoms with van der Waals surface area (Å²) in [5.74, 6) is 1.92. The summed E-state index contributed by atoms with van der Waals surface area (Å²) in [6.07, 6.45) is 8.63. The highest BCUT2D eigenvalue weighted by molar-refractivity contribution is 5.96. The van der Waals surface area contributed by atoms with Crippen molar-refractivity contribution in [3.8, 4) is 22.9 Å². The van der Waals surface area contributed by atoms with E-state index in [4.69, 9.17) is 4.74 Å². The number of benzene rings is 2. The first-order chi connectivity index (χ1) is 16.2. The molecule has 0 aliphatic carbocycles. The number of hydrogen-bond donors (Lipinski definition) is 2. The van der Waals surface area contributed by atoms with Crippen LogP contribution in [0.25, 0.3) is 22.3 Å². The summed E-state index contributed by atoms with van der Waals surface area (Å²) >= 11 is 0. The molecule has 0 saturated carbocycles. The maximum absolute atomic E-state index is 12.8. The van der Waals surface area contributed by atoms with Crippen LogP contribution in [0.2, 0.25) is 0 Å². The van der Waals surface area contributed by atoms with E-state index in [2.05, 4.69) is 25.3 Å². The molecule has 0 fully saturated rings. The van der Waals surface area contributed by atoms with E-state index in [1.807, 2.05) is 55.5 Å². The normalized spacial score (nSPS) is 10.8. The Labute approximate surface area is 190 Å². The van der Waals surface area contributed by atoms with E-state index in [-0.39, 0.29) is 5.91 Å². The maximum Gasteiger partial charge on any atom is 0.251 e. The number of carbonyl (C=O) groups is 1. The minimum Gasteiger partial charge on any atom is -0.456 e. The van der Waals surface area contributed by atoms with E-state index >= 15 is 0 Å². The fourth-order valence-electron chi connectivity index (χ4n) is 3.65. The van der Waals surface area contributed by atoms with Gasteiger partial charge in [-0.2, -0.15) is 0 Å². The minimum atomic E-state index is -0.155. The van der Waals surface area contributed by atoms with Gasteiger partial charge >= 0.3 is 0 Å². The Morgan fingerprint density at radius 2 is 1.85 bits per heavy atom. The van der Waals surface area contributed by atoms with Crippen molar-refractivity contribution in [2.24, 2.45) is 0 Å². The number of imidazole rings is 1. The van der Waals surface area contributed by atoms with Crippen LogP contribution in [-0.4, -0.2) is 25.8 Å². The SMILES string of the molecule is Cc1c(Oc2ccnc3cc(-c4ncc[nH]4)ccc23)cccc1C(=O)NCc1ccncc1. The van der Waals surface area contributed by atoms with Crippen molar-refractivity contribution in [1.82, 2.24) is 25.3 Å². The molecule has 3 heterocycles. The molecule has 0 unspecified atom stereocenters. The Balaban J connectivity index is 1.40. The lowest BCUT2D eigenvalue weighted by atomic mass is 10.1. The lowest BCUT2D eigenvalue weighted by molar-refractivity contribution is 0.0950. The highest BCUT2D eigenvalue weighted by Crippen LogP contribution is 2.33. The Bertz CT molecular complexity index is 1420. The molecule has 0 spiro atoms. The lowest BCUT2D eigenvalue weighted by Crippen LogP contribution is -2.23. The van der Waals surface area contributed by atoms with E-state index in [1.165, 1.54) is 0 Å². The molecule has 3 aromatic heterocycles. The second kappa shape index (κ2) is 8.92. The first-order valence-electron chi connectivity index (χ1n) is 10.5. The minimum absolute atomic E-state index is 0.155. The molecule has 0 aliphatic rings. The quantitative estimate of drug-likeness (QED) is 0.389. The van der Waals surface area contributed by atoms with Gasteiger partial charge in [-0.3, -0.25) is 14.8 Å². The van der Waals surface area contributed by atoms with Crippen LogP contribution in [0.15, 0.2) is 85.6 Å². The molecule has 5 rings (SSSR count). The van der Waals surface area contributed by atoms with Gasteiger partial charge in [0.25, 0.3) is 5.91 Å². The van der Waals surface area contributed by atoms with Crippen molar-refractivity contribution >= 4 is 16.8 Å². The Kier molecular flexibility index (Phi) is 5.51. The number of aromatic nitrogens is 4. The van der Waals surface area contributed by atoms with Crippen LogP contribution < -0.4 is 10.1 Å². The van der Waals surface area contributed by atoms with E-state index < -0.39 is 0 Å². The molecule has 7 nitrogen and oxygen atoms in total. The molecular formula is C26H21N5O2. The van der Waals surface area contributed by atoms with Gasteiger partial charge in [0.05, 0.1) is 5.52 Å². The summed E-state index contributed by atoms with van der Waals surface area (Å²) < 4.78 is 6.25. The van der Waals surface area contributed by atoms with Gasteiger partial charge in [-0.05, 0) is 55.0 Å². The van der Waals surface area contributed by atoms with Gasteiger partial charge in [0.15, 0.2) is 0 Å². The van der Waals surface area contributed by atoms with Crippen molar-refractivity contribution in [1.29, 1.82) is 0 Å². The van der Waals surface area contributed by atoms with Crippen LogP contribution in [0.3, 0.4) is 0 Å². The van der Waals surface area contributed by atoms with Crippen molar-refractivity contribution in [2.75, 3.05) is 0 Å². The van der Waals surface area contributed by atoms with Crippen LogP contribution in [0.5, 0.6) is 11.5 Å². The third-order valence-electron chi connectivity index (χ3n) is 5.43. The maximum atomic E-state index is 12.8. The van der Waals surface area contributed by atoms with E-state index in [1.54, 1.807) is 37.1 Å².